The fraction of sp³-hybridized carbons (Fsp3) is 0.750. The molecule has 0 spiro atoms. The van der Waals surface area contributed by atoms with Gasteiger partial charge in [0.15, 0.2) is 0 Å². The lowest BCUT2D eigenvalue weighted by Gasteiger charge is -2.31. The van der Waals surface area contributed by atoms with Crippen molar-refractivity contribution in [3.63, 3.8) is 0 Å². The van der Waals surface area contributed by atoms with E-state index in [9.17, 15) is 4.79 Å². The van der Waals surface area contributed by atoms with Crippen molar-refractivity contribution in [1.29, 1.82) is 0 Å². The molecule has 150 valence electrons. The van der Waals surface area contributed by atoms with Gasteiger partial charge < -0.3 is 21.1 Å². The minimum atomic E-state index is -0.495. The Bertz CT molecular complexity index is 637. The molecule has 0 atom stereocenters. The van der Waals surface area contributed by atoms with Crippen molar-refractivity contribution in [3.8, 4) is 0 Å². The van der Waals surface area contributed by atoms with Crippen LogP contribution in [0.25, 0.3) is 0 Å². The van der Waals surface area contributed by atoms with Crippen molar-refractivity contribution in [1.82, 2.24) is 9.97 Å². The van der Waals surface area contributed by atoms with E-state index in [0.717, 1.165) is 51.6 Å². The molecule has 2 saturated carbocycles. The second-order valence-corrected chi connectivity index (χ2v) is 7.86. The molecule has 0 aliphatic heterocycles. The Labute approximate surface area is 161 Å². The van der Waals surface area contributed by atoms with Crippen LogP contribution in [0, 0.1) is 0 Å². The summed E-state index contributed by atoms with van der Waals surface area (Å²) in [4.78, 5) is 20.8. The zero-order chi connectivity index (χ0) is 19.3. The van der Waals surface area contributed by atoms with Gasteiger partial charge in [-0.25, -0.2) is 4.98 Å². The fourth-order valence-corrected chi connectivity index (χ4v) is 4.39. The van der Waals surface area contributed by atoms with Gasteiger partial charge >= 0.3 is 0 Å². The van der Waals surface area contributed by atoms with Crippen LogP contribution in [0.1, 0.15) is 82.0 Å². The zero-order valence-corrected chi connectivity index (χ0v) is 16.6. The highest BCUT2D eigenvalue weighted by atomic mass is 16.5. The van der Waals surface area contributed by atoms with Gasteiger partial charge in [-0.3, -0.25) is 4.79 Å². The number of hydrogen-bond donors (Lipinski definition) is 3. The molecule has 2 fully saturated rings. The lowest BCUT2D eigenvalue weighted by Crippen LogP contribution is -2.36. The van der Waals surface area contributed by atoms with E-state index in [1.165, 1.54) is 12.8 Å². The lowest BCUT2D eigenvalue weighted by molar-refractivity contribution is 0.0346. The third-order valence-electron chi connectivity index (χ3n) is 6.09. The first-order valence-corrected chi connectivity index (χ1v) is 10.4. The zero-order valence-electron chi connectivity index (χ0n) is 16.6. The number of aromatic nitrogens is 2. The quantitative estimate of drug-likeness (QED) is 0.643. The Morgan fingerprint density at radius 2 is 1.96 bits per heavy atom. The summed E-state index contributed by atoms with van der Waals surface area (Å²) in [5.74, 6) is 0.629. The average molecular weight is 376 g/mol. The average Bonchev–Trinajstić information content (AvgIpc) is 3.12. The number of anilines is 2. The van der Waals surface area contributed by atoms with Gasteiger partial charge in [0.2, 0.25) is 5.95 Å². The number of amides is 1. The van der Waals surface area contributed by atoms with E-state index >= 15 is 0 Å². The number of nitrogens with one attached hydrogen (secondary N) is 2. The Hall–Kier alpha value is -1.89. The molecule has 1 aromatic rings. The van der Waals surface area contributed by atoms with E-state index in [-0.39, 0.29) is 5.54 Å². The first kappa shape index (κ1) is 19.9. The van der Waals surface area contributed by atoms with Crippen LogP contribution in [0.5, 0.6) is 0 Å². The van der Waals surface area contributed by atoms with E-state index in [4.69, 9.17) is 10.5 Å². The Kier molecular flexibility index (Phi) is 6.52. The van der Waals surface area contributed by atoms with Crippen molar-refractivity contribution in [2.75, 3.05) is 17.2 Å². The molecular formula is C20H33N5O2. The first-order chi connectivity index (χ1) is 13.0. The summed E-state index contributed by atoms with van der Waals surface area (Å²) in [7, 11) is 0. The minimum absolute atomic E-state index is 0.00533. The predicted octanol–water partition coefficient (Wildman–Crippen LogP) is 3.47. The summed E-state index contributed by atoms with van der Waals surface area (Å²) >= 11 is 0. The second-order valence-electron chi connectivity index (χ2n) is 7.86. The van der Waals surface area contributed by atoms with Crippen LogP contribution in [0.4, 0.5) is 11.8 Å². The highest BCUT2D eigenvalue weighted by Crippen LogP contribution is 2.36. The van der Waals surface area contributed by atoms with E-state index in [0.29, 0.717) is 29.5 Å². The highest BCUT2D eigenvalue weighted by molar-refractivity contribution is 5.97. The number of carbonyl (C=O) groups is 1. The summed E-state index contributed by atoms with van der Waals surface area (Å²) < 4.78 is 5.72. The molecule has 7 nitrogen and oxygen atoms in total. The van der Waals surface area contributed by atoms with Crippen LogP contribution in [-0.4, -0.2) is 40.2 Å². The van der Waals surface area contributed by atoms with Gasteiger partial charge in [-0.15, -0.1) is 0 Å². The molecule has 27 heavy (non-hydrogen) atoms. The monoisotopic (exact) mass is 375 g/mol. The predicted molar refractivity (Wildman–Crippen MR) is 107 cm³/mol. The largest absolute Gasteiger partial charge is 0.379 e. The minimum Gasteiger partial charge on any atom is -0.379 e. The lowest BCUT2D eigenvalue weighted by atomic mass is 9.93. The molecule has 2 aliphatic rings. The number of nitrogens with two attached hydrogens (primary N) is 1. The SMILES string of the molecule is CCOC1CCC(Nc2ncc(C(N)=O)c(NC3(CC)CCCC3)n2)CC1. The molecule has 1 aromatic heterocycles. The molecule has 2 aliphatic carbocycles. The Balaban J connectivity index is 1.71. The molecule has 0 saturated heterocycles. The van der Waals surface area contributed by atoms with E-state index in [2.05, 4.69) is 27.5 Å². The normalized spacial score (nSPS) is 24.5. The highest BCUT2D eigenvalue weighted by Gasteiger charge is 2.33. The topological polar surface area (TPSA) is 102 Å². The number of ether oxygens (including phenoxy) is 1. The van der Waals surface area contributed by atoms with Gasteiger partial charge in [0.05, 0.1) is 11.7 Å². The maximum atomic E-state index is 11.9. The summed E-state index contributed by atoms with van der Waals surface area (Å²) in [6, 6.07) is 0.334. The van der Waals surface area contributed by atoms with Gasteiger partial charge in [-0.1, -0.05) is 19.8 Å². The van der Waals surface area contributed by atoms with Crippen LogP contribution in [0.3, 0.4) is 0 Å². The Morgan fingerprint density at radius 1 is 1.26 bits per heavy atom. The fourth-order valence-electron chi connectivity index (χ4n) is 4.39. The van der Waals surface area contributed by atoms with Crippen LogP contribution in [-0.2, 0) is 4.74 Å². The van der Waals surface area contributed by atoms with Gasteiger partial charge in [0, 0.05) is 24.4 Å². The van der Waals surface area contributed by atoms with E-state index < -0.39 is 5.91 Å². The van der Waals surface area contributed by atoms with Crippen LogP contribution < -0.4 is 16.4 Å². The number of hydrogen-bond acceptors (Lipinski definition) is 6. The summed E-state index contributed by atoms with van der Waals surface area (Å²) in [6.07, 6.45) is 11.7. The summed E-state index contributed by atoms with van der Waals surface area (Å²) in [6.45, 7) is 4.99. The van der Waals surface area contributed by atoms with Crippen molar-refractivity contribution in [2.24, 2.45) is 5.73 Å². The van der Waals surface area contributed by atoms with E-state index in [1.54, 1.807) is 6.20 Å². The molecule has 0 bridgehead atoms. The summed E-state index contributed by atoms with van der Waals surface area (Å²) in [5, 5.41) is 6.98. The molecule has 0 radical (unpaired) electrons. The molecule has 0 unspecified atom stereocenters. The molecule has 1 heterocycles. The second kappa shape index (κ2) is 8.87. The van der Waals surface area contributed by atoms with Crippen molar-refractivity contribution < 1.29 is 9.53 Å². The summed E-state index contributed by atoms with van der Waals surface area (Å²) in [5.41, 5.74) is 5.92. The molecular weight excluding hydrogens is 342 g/mol. The third kappa shape index (κ3) is 4.89. The smallest absolute Gasteiger partial charge is 0.254 e. The van der Waals surface area contributed by atoms with Gasteiger partial charge in [-0.05, 0) is 51.9 Å². The van der Waals surface area contributed by atoms with Gasteiger partial charge in [-0.2, -0.15) is 4.98 Å². The van der Waals surface area contributed by atoms with Crippen molar-refractivity contribution in [3.05, 3.63) is 11.8 Å². The van der Waals surface area contributed by atoms with Gasteiger partial charge in [0.25, 0.3) is 5.91 Å². The molecule has 7 heteroatoms. The number of carbonyl (C=O) groups excluding carboxylic acids is 1. The Morgan fingerprint density at radius 3 is 2.56 bits per heavy atom. The standard InChI is InChI=1S/C20H33N5O2/c1-3-20(11-5-6-12-20)25-18-16(17(21)26)13-22-19(24-18)23-14-7-9-15(10-8-14)27-4-2/h13-15H,3-12H2,1-2H3,(H2,21,26)(H2,22,23,24,25). The molecule has 0 aromatic carbocycles. The van der Waals surface area contributed by atoms with Crippen molar-refractivity contribution >= 4 is 17.7 Å². The number of primary amides is 1. The van der Waals surface area contributed by atoms with Crippen molar-refractivity contribution in [2.45, 2.75) is 89.3 Å². The third-order valence-corrected chi connectivity index (χ3v) is 6.09. The molecule has 3 rings (SSSR count). The van der Waals surface area contributed by atoms with Gasteiger partial charge in [0.1, 0.15) is 5.82 Å². The molecule has 1 amide bonds. The molecule has 4 N–H and O–H groups in total. The van der Waals surface area contributed by atoms with Crippen LogP contribution in [0.2, 0.25) is 0 Å². The first-order valence-electron chi connectivity index (χ1n) is 10.4. The van der Waals surface area contributed by atoms with E-state index in [1.807, 2.05) is 6.92 Å². The maximum Gasteiger partial charge on any atom is 0.254 e. The van der Waals surface area contributed by atoms with Crippen LogP contribution >= 0.6 is 0 Å². The van der Waals surface area contributed by atoms with Crippen LogP contribution in [0.15, 0.2) is 6.20 Å². The number of rotatable bonds is 8. The number of nitrogens with zero attached hydrogens (tertiary/aromatic N) is 2. The maximum absolute atomic E-state index is 11.9.